The van der Waals surface area contributed by atoms with Gasteiger partial charge in [-0.25, -0.2) is 0 Å². The Morgan fingerprint density at radius 1 is 1.64 bits per heavy atom. The summed E-state index contributed by atoms with van der Waals surface area (Å²) in [6.07, 6.45) is 3.25. The van der Waals surface area contributed by atoms with Crippen LogP contribution in [0.4, 0.5) is 0 Å². The largest absolute Gasteiger partial charge is 0.449 e. The number of nitrogens with zero attached hydrogens (tertiary/aromatic N) is 1. The Bertz CT molecular complexity index is 140. The minimum absolute atomic E-state index is 0.333. The lowest BCUT2D eigenvalue weighted by Gasteiger charge is -2.04. The summed E-state index contributed by atoms with van der Waals surface area (Å²) >= 11 is 0. The van der Waals surface area contributed by atoms with E-state index in [-0.39, 0.29) is 0 Å². The third-order valence-electron chi connectivity index (χ3n) is 1.43. The summed E-state index contributed by atoms with van der Waals surface area (Å²) in [4.78, 5) is 9.83. The van der Waals surface area contributed by atoms with Crippen LogP contribution < -0.4 is 0 Å². The van der Waals surface area contributed by atoms with Gasteiger partial charge in [0.05, 0.1) is 0 Å². The molecule has 62 valence electrons. The van der Waals surface area contributed by atoms with Crippen LogP contribution in [0.1, 0.15) is 32.6 Å². The highest BCUT2D eigenvalue weighted by molar-refractivity contribution is 5.38. The first-order valence-electron chi connectivity index (χ1n) is 3.83. The minimum atomic E-state index is -0.543. The van der Waals surface area contributed by atoms with Crippen molar-refractivity contribution in [2.24, 2.45) is 0 Å². The van der Waals surface area contributed by atoms with Gasteiger partial charge in [0.15, 0.2) is 6.10 Å². The molecule has 3 heteroatoms. The van der Waals surface area contributed by atoms with E-state index >= 15 is 0 Å². The van der Waals surface area contributed by atoms with Crippen molar-refractivity contribution >= 4 is 6.47 Å². The van der Waals surface area contributed by atoms with E-state index in [9.17, 15) is 4.79 Å². The Labute approximate surface area is 67.0 Å². The third-order valence-corrected chi connectivity index (χ3v) is 1.43. The van der Waals surface area contributed by atoms with Crippen LogP contribution in [0.15, 0.2) is 0 Å². The van der Waals surface area contributed by atoms with Crippen molar-refractivity contribution in [1.82, 2.24) is 0 Å². The Hall–Kier alpha value is -1.04. The van der Waals surface area contributed by atoms with Crippen molar-refractivity contribution < 1.29 is 9.53 Å². The van der Waals surface area contributed by atoms with E-state index in [1.807, 2.05) is 6.07 Å². The summed E-state index contributed by atoms with van der Waals surface area (Å²) in [7, 11) is 0. The van der Waals surface area contributed by atoms with Crippen LogP contribution in [0.25, 0.3) is 0 Å². The number of hydrogen-bond acceptors (Lipinski definition) is 3. The SMILES string of the molecule is CCCCCC(C#N)OC=O. The molecule has 3 nitrogen and oxygen atoms in total. The molecule has 0 amide bonds. The van der Waals surface area contributed by atoms with Crippen molar-refractivity contribution in [3.63, 3.8) is 0 Å². The Morgan fingerprint density at radius 2 is 2.36 bits per heavy atom. The average Bonchev–Trinajstić information content (AvgIpc) is 2.03. The molecule has 0 aromatic heterocycles. The topological polar surface area (TPSA) is 50.1 Å². The number of hydrogen-bond donors (Lipinski definition) is 0. The lowest BCUT2D eigenvalue weighted by molar-refractivity contribution is -0.131. The molecule has 0 saturated heterocycles. The van der Waals surface area contributed by atoms with Crippen molar-refractivity contribution in [1.29, 1.82) is 5.26 Å². The van der Waals surface area contributed by atoms with Crippen LogP contribution in [-0.2, 0) is 9.53 Å². The Kier molecular flexibility index (Phi) is 6.40. The molecule has 1 unspecified atom stereocenters. The third kappa shape index (κ3) is 5.41. The van der Waals surface area contributed by atoms with E-state index in [1.165, 1.54) is 0 Å². The zero-order valence-corrected chi connectivity index (χ0v) is 6.75. The van der Waals surface area contributed by atoms with Gasteiger partial charge in [0.25, 0.3) is 6.47 Å². The van der Waals surface area contributed by atoms with Crippen LogP contribution in [0, 0.1) is 11.3 Å². The van der Waals surface area contributed by atoms with Crippen LogP contribution in [0.5, 0.6) is 0 Å². The molecule has 0 fully saturated rings. The molecule has 0 aromatic carbocycles. The quantitative estimate of drug-likeness (QED) is 0.432. The fourth-order valence-corrected chi connectivity index (χ4v) is 0.810. The van der Waals surface area contributed by atoms with Crippen molar-refractivity contribution in [2.75, 3.05) is 0 Å². The van der Waals surface area contributed by atoms with Gasteiger partial charge < -0.3 is 4.74 Å². The molecule has 0 aliphatic rings. The van der Waals surface area contributed by atoms with Crippen LogP contribution >= 0.6 is 0 Å². The summed E-state index contributed by atoms with van der Waals surface area (Å²) in [5, 5.41) is 8.42. The number of carbonyl (C=O) groups excluding carboxylic acids is 1. The van der Waals surface area contributed by atoms with Gasteiger partial charge in [-0.05, 0) is 12.8 Å². The summed E-state index contributed by atoms with van der Waals surface area (Å²) in [5.74, 6) is 0. The Morgan fingerprint density at radius 3 is 2.82 bits per heavy atom. The smallest absolute Gasteiger partial charge is 0.294 e. The maximum atomic E-state index is 9.83. The van der Waals surface area contributed by atoms with Crippen LogP contribution in [-0.4, -0.2) is 12.6 Å². The summed E-state index contributed by atoms with van der Waals surface area (Å²) in [6, 6.07) is 1.91. The first kappa shape index (κ1) is 9.96. The van der Waals surface area contributed by atoms with Crippen molar-refractivity contribution in [3.05, 3.63) is 0 Å². The first-order chi connectivity index (χ1) is 5.35. The maximum Gasteiger partial charge on any atom is 0.294 e. The van der Waals surface area contributed by atoms with Gasteiger partial charge >= 0.3 is 0 Å². The number of rotatable bonds is 6. The Balaban J connectivity index is 3.37. The molecule has 0 aliphatic carbocycles. The van der Waals surface area contributed by atoms with E-state index < -0.39 is 6.10 Å². The van der Waals surface area contributed by atoms with Gasteiger partial charge in [0.1, 0.15) is 6.07 Å². The van der Waals surface area contributed by atoms with Gasteiger partial charge in [-0.15, -0.1) is 0 Å². The second kappa shape index (κ2) is 7.07. The van der Waals surface area contributed by atoms with E-state index in [2.05, 4.69) is 11.7 Å². The average molecular weight is 155 g/mol. The number of nitriles is 1. The van der Waals surface area contributed by atoms with Crippen LogP contribution in [0.3, 0.4) is 0 Å². The lowest BCUT2D eigenvalue weighted by atomic mass is 10.1. The highest BCUT2D eigenvalue weighted by Crippen LogP contribution is 2.04. The standard InChI is InChI=1S/C8H13NO2/c1-2-3-4-5-8(6-9)11-7-10/h7-8H,2-5H2,1H3. The predicted molar refractivity (Wildman–Crippen MR) is 40.7 cm³/mol. The molecule has 0 aromatic rings. The molecule has 0 rings (SSSR count). The first-order valence-corrected chi connectivity index (χ1v) is 3.83. The lowest BCUT2D eigenvalue weighted by Crippen LogP contribution is -2.08. The molecule has 0 saturated carbocycles. The normalized spacial score (nSPS) is 11.6. The fourth-order valence-electron chi connectivity index (χ4n) is 0.810. The number of unbranched alkanes of at least 4 members (excludes halogenated alkanes) is 2. The van der Waals surface area contributed by atoms with E-state index in [1.54, 1.807) is 0 Å². The van der Waals surface area contributed by atoms with E-state index in [0.29, 0.717) is 12.9 Å². The summed E-state index contributed by atoms with van der Waals surface area (Å²) in [6.45, 7) is 2.42. The molecule has 0 aliphatic heterocycles. The van der Waals surface area contributed by atoms with Gasteiger partial charge in [-0.1, -0.05) is 19.8 Å². The molecule has 0 radical (unpaired) electrons. The van der Waals surface area contributed by atoms with Crippen molar-refractivity contribution in [3.8, 4) is 6.07 Å². The number of ether oxygens (including phenoxy) is 1. The molecule has 0 bridgehead atoms. The van der Waals surface area contributed by atoms with E-state index in [4.69, 9.17) is 5.26 Å². The highest BCUT2D eigenvalue weighted by Gasteiger charge is 2.05. The second-order valence-electron chi connectivity index (χ2n) is 2.35. The summed E-state index contributed by atoms with van der Waals surface area (Å²) < 4.78 is 4.50. The summed E-state index contributed by atoms with van der Waals surface area (Å²) in [5.41, 5.74) is 0. The van der Waals surface area contributed by atoms with Crippen LogP contribution in [0.2, 0.25) is 0 Å². The van der Waals surface area contributed by atoms with E-state index in [0.717, 1.165) is 19.3 Å². The molecule has 1 atom stereocenters. The number of carbonyl (C=O) groups is 1. The molecular formula is C8H13NO2. The minimum Gasteiger partial charge on any atom is -0.449 e. The predicted octanol–water partition coefficient (Wildman–Crippen LogP) is 1.63. The fraction of sp³-hybridized carbons (Fsp3) is 0.750. The zero-order chi connectivity index (χ0) is 8.53. The van der Waals surface area contributed by atoms with Gasteiger partial charge in [-0.3, -0.25) is 4.79 Å². The van der Waals surface area contributed by atoms with Gasteiger partial charge in [-0.2, -0.15) is 5.26 Å². The van der Waals surface area contributed by atoms with Gasteiger partial charge in [0.2, 0.25) is 0 Å². The maximum absolute atomic E-state index is 9.83. The molecule has 0 heterocycles. The zero-order valence-electron chi connectivity index (χ0n) is 6.75. The molecule has 0 N–H and O–H groups in total. The van der Waals surface area contributed by atoms with Gasteiger partial charge in [0, 0.05) is 0 Å². The van der Waals surface area contributed by atoms with Crippen molar-refractivity contribution in [2.45, 2.75) is 38.7 Å². The highest BCUT2D eigenvalue weighted by atomic mass is 16.5. The molecule has 11 heavy (non-hydrogen) atoms. The second-order valence-corrected chi connectivity index (χ2v) is 2.35. The monoisotopic (exact) mass is 155 g/mol. The molecule has 0 spiro atoms. The molecular weight excluding hydrogens is 142 g/mol.